The van der Waals surface area contributed by atoms with Crippen molar-refractivity contribution < 1.29 is 14.7 Å². The number of aromatic nitrogens is 2. The molecule has 1 heterocycles. The summed E-state index contributed by atoms with van der Waals surface area (Å²) in [7, 11) is 0. The highest BCUT2D eigenvalue weighted by molar-refractivity contribution is 5.92. The first-order valence-electron chi connectivity index (χ1n) is 5.16. The molecule has 0 aliphatic rings. The summed E-state index contributed by atoms with van der Waals surface area (Å²) in [6.07, 6.45) is 0. The normalized spacial score (nSPS) is 12.2. The second-order valence-electron chi connectivity index (χ2n) is 3.97. The number of urea groups is 1. The standard InChI is InChI=1S/C10H16N4O3/c1-5(9(15)16)4-14(10(11)17)8-6(2)12-13-7(8)3/h5H,4H2,1-3H3,(H2,11,17)(H,12,13)(H,15,16). The number of anilines is 1. The lowest BCUT2D eigenvalue weighted by molar-refractivity contribution is -0.140. The third-order valence-corrected chi connectivity index (χ3v) is 2.50. The summed E-state index contributed by atoms with van der Waals surface area (Å²) in [5, 5.41) is 15.5. The highest BCUT2D eigenvalue weighted by Gasteiger charge is 2.24. The van der Waals surface area contributed by atoms with Gasteiger partial charge in [0.1, 0.15) is 0 Å². The molecule has 7 nitrogen and oxygen atoms in total. The minimum Gasteiger partial charge on any atom is -0.481 e. The molecule has 0 aliphatic heterocycles. The van der Waals surface area contributed by atoms with Gasteiger partial charge in [0, 0.05) is 6.54 Å². The molecule has 0 saturated heterocycles. The van der Waals surface area contributed by atoms with Crippen LogP contribution in [0.4, 0.5) is 10.5 Å². The molecule has 1 rings (SSSR count). The van der Waals surface area contributed by atoms with E-state index in [0.717, 1.165) is 0 Å². The van der Waals surface area contributed by atoms with Crippen molar-refractivity contribution in [2.75, 3.05) is 11.4 Å². The number of hydrogen-bond donors (Lipinski definition) is 3. The Balaban J connectivity index is 3.02. The number of amides is 2. The molecule has 0 spiro atoms. The van der Waals surface area contributed by atoms with E-state index >= 15 is 0 Å². The number of nitrogens with two attached hydrogens (primary N) is 1. The maximum atomic E-state index is 11.4. The predicted molar refractivity (Wildman–Crippen MR) is 61.8 cm³/mol. The third-order valence-electron chi connectivity index (χ3n) is 2.50. The van der Waals surface area contributed by atoms with Crippen LogP contribution in [0.15, 0.2) is 0 Å². The van der Waals surface area contributed by atoms with Crippen LogP contribution in [0, 0.1) is 19.8 Å². The zero-order chi connectivity index (χ0) is 13.2. The molecule has 0 radical (unpaired) electrons. The number of H-pyrrole nitrogens is 1. The molecule has 1 unspecified atom stereocenters. The molecular weight excluding hydrogens is 224 g/mol. The van der Waals surface area contributed by atoms with Gasteiger partial charge in [0.05, 0.1) is 23.0 Å². The second kappa shape index (κ2) is 4.86. The van der Waals surface area contributed by atoms with Gasteiger partial charge in [0.25, 0.3) is 0 Å². The van der Waals surface area contributed by atoms with E-state index in [1.807, 2.05) is 0 Å². The second-order valence-corrected chi connectivity index (χ2v) is 3.97. The topological polar surface area (TPSA) is 112 Å². The number of carboxylic acid groups (broad SMARTS) is 1. The van der Waals surface area contributed by atoms with Crippen LogP contribution in [0.5, 0.6) is 0 Å². The number of nitrogens with one attached hydrogen (secondary N) is 1. The fraction of sp³-hybridized carbons (Fsp3) is 0.500. The average molecular weight is 240 g/mol. The Kier molecular flexibility index (Phi) is 3.72. The highest BCUT2D eigenvalue weighted by Crippen LogP contribution is 2.22. The van der Waals surface area contributed by atoms with E-state index in [2.05, 4.69) is 10.2 Å². The Morgan fingerprint density at radius 2 is 2.12 bits per heavy atom. The van der Waals surface area contributed by atoms with Gasteiger partial charge < -0.3 is 10.8 Å². The van der Waals surface area contributed by atoms with Gasteiger partial charge in [-0.1, -0.05) is 6.92 Å². The lowest BCUT2D eigenvalue weighted by atomic mass is 10.1. The maximum Gasteiger partial charge on any atom is 0.319 e. The van der Waals surface area contributed by atoms with Crippen molar-refractivity contribution in [2.45, 2.75) is 20.8 Å². The van der Waals surface area contributed by atoms with E-state index in [1.54, 1.807) is 13.8 Å². The number of hydrogen-bond acceptors (Lipinski definition) is 3. The smallest absolute Gasteiger partial charge is 0.319 e. The molecule has 0 saturated carbocycles. The summed E-state index contributed by atoms with van der Waals surface area (Å²) in [4.78, 5) is 23.4. The van der Waals surface area contributed by atoms with Gasteiger partial charge in [-0.05, 0) is 13.8 Å². The van der Waals surface area contributed by atoms with Gasteiger partial charge in [-0.15, -0.1) is 0 Å². The molecule has 4 N–H and O–H groups in total. The molecule has 17 heavy (non-hydrogen) atoms. The summed E-state index contributed by atoms with van der Waals surface area (Å²) >= 11 is 0. The van der Waals surface area contributed by atoms with Crippen LogP contribution in [0.1, 0.15) is 18.3 Å². The Labute approximate surface area is 98.6 Å². The van der Waals surface area contributed by atoms with Crippen LogP contribution >= 0.6 is 0 Å². The predicted octanol–water partition coefficient (Wildman–Crippen LogP) is 0.632. The number of aryl methyl sites for hydroxylation is 2. The van der Waals surface area contributed by atoms with Gasteiger partial charge in [-0.25, -0.2) is 4.79 Å². The van der Waals surface area contributed by atoms with Gasteiger partial charge >= 0.3 is 12.0 Å². The van der Waals surface area contributed by atoms with Crippen LogP contribution in [0.3, 0.4) is 0 Å². The lowest BCUT2D eigenvalue weighted by Crippen LogP contribution is -2.41. The molecule has 94 valence electrons. The van der Waals surface area contributed by atoms with Gasteiger partial charge in [-0.2, -0.15) is 5.10 Å². The number of carboxylic acids is 1. The van der Waals surface area contributed by atoms with Crippen LogP contribution < -0.4 is 10.6 Å². The molecule has 1 aromatic heterocycles. The van der Waals surface area contributed by atoms with Gasteiger partial charge in [0.15, 0.2) is 0 Å². The quantitative estimate of drug-likeness (QED) is 0.716. The van der Waals surface area contributed by atoms with Crippen molar-refractivity contribution in [3.05, 3.63) is 11.4 Å². The summed E-state index contributed by atoms with van der Waals surface area (Å²) in [6.45, 7) is 5.01. The largest absolute Gasteiger partial charge is 0.481 e. The maximum absolute atomic E-state index is 11.4. The SMILES string of the molecule is Cc1n[nH]c(C)c1N(CC(C)C(=O)O)C(N)=O. The number of carbonyl (C=O) groups is 2. The molecule has 7 heteroatoms. The lowest BCUT2D eigenvalue weighted by Gasteiger charge is -2.22. The number of aromatic amines is 1. The number of carbonyl (C=O) groups excluding carboxylic acids is 1. The number of rotatable bonds is 4. The minimum absolute atomic E-state index is 0.0197. The van der Waals surface area contributed by atoms with Crippen molar-refractivity contribution in [1.82, 2.24) is 10.2 Å². The molecule has 1 atom stereocenters. The summed E-state index contributed by atoms with van der Waals surface area (Å²) < 4.78 is 0. The van der Waals surface area contributed by atoms with Crippen LogP contribution in [0.2, 0.25) is 0 Å². The van der Waals surface area contributed by atoms with Crippen LogP contribution in [-0.4, -0.2) is 33.8 Å². The third kappa shape index (κ3) is 2.74. The van der Waals surface area contributed by atoms with Crippen molar-refractivity contribution >= 4 is 17.7 Å². The Hall–Kier alpha value is -2.05. The Bertz CT molecular complexity index is 421. The molecular formula is C10H16N4O3. The molecule has 1 aromatic rings. The zero-order valence-electron chi connectivity index (χ0n) is 10.0. The highest BCUT2D eigenvalue weighted by atomic mass is 16.4. The Morgan fingerprint density at radius 1 is 1.53 bits per heavy atom. The minimum atomic E-state index is -0.977. The van der Waals surface area contributed by atoms with Crippen LogP contribution in [-0.2, 0) is 4.79 Å². The van der Waals surface area contributed by atoms with Gasteiger partial charge in [-0.3, -0.25) is 14.8 Å². The van der Waals surface area contributed by atoms with Crippen molar-refractivity contribution in [1.29, 1.82) is 0 Å². The van der Waals surface area contributed by atoms with E-state index < -0.39 is 17.9 Å². The van der Waals surface area contributed by atoms with E-state index in [-0.39, 0.29) is 6.54 Å². The summed E-state index contributed by atoms with van der Waals surface area (Å²) in [5.74, 6) is -1.67. The molecule has 0 bridgehead atoms. The molecule has 0 aromatic carbocycles. The number of primary amides is 1. The summed E-state index contributed by atoms with van der Waals surface area (Å²) in [6, 6.07) is -0.689. The van der Waals surface area contributed by atoms with Gasteiger partial charge in [0.2, 0.25) is 0 Å². The summed E-state index contributed by atoms with van der Waals surface area (Å²) in [5.41, 5.74) is 7.10. The monoisotopic (exact) mass is 240 g/mol. The zero-order valence-corrected chi connectivity index (χ0v) is 10.0. The molecule has 2 amide bonds. The average Bonchev–Trinajstić information content (AvgIpc) is 2.55. The van der Waals surface area contributed by atoms with E-state index in [1.165, 1.54) is 11.8 Å². The number of aliphatic carboxylic acids is 1. The fourth-order valence-electron chi connectivity index (χ4n) is 1.59. The van der Waals surface area contributed by atoms with Crippen molar-refractivity contribution in [3.63, 3.8) is 0 Å². The van der Waals surface area contributed by atoms with E-state index in [0.29, 0.717) is 17.1 Å². The first-order valence-corrected chi connectivity index (χ1v) is 5.16. The van der Waals surface area contributed by atoms with E-state index in [9.17, 15) is 9.59 Å². The van der Waals surface area contributed by atoms with Crippen molar-refractivity contribution in [2.24, 2.45) is 11.7 Å². The Morgan fingerprint density at radius 3 is 2.47 bits per heavy atom. The van der Waals surface area contributed by atoms with Crippen molar-refractivity contribution in [3.8, 4) is 0 Å². The van der Waals surface area contributed by atoms with E-state index in [4.69, 9.17) is 10.8 Å². The van der Waals surface area contributed by atoms with Crippen LogP contribution in [0.25, 0.3) is 0 Å². The first-order chi connectivity index (χ1) is 7.84. The molecule has 0 fully saturated rings. The molecule has 0 aliphatic carbocycles. The fourth-order valence-corrected chi connectivity index (χ4v) is 1.59. The number of nitrogens with zero attached hydrogens (tertiary/aromatic N) is 2. The first kappa shape index (κ1) is 13.0.